The number of hydrogen-bond acceptors (Lipinski definition) is 2. The molecule has 0 saturated carbocycles. The molecule has 0 aliphatic heterocycles. The van der Waals surface area contributed by atoms with Crippen LogP contribution in [0.2, 0.25) is 0 Å². The summed E-state index contributed by atoms with van der Waals surface area (Å²) in [5, 5.41) is 2.93. The van der Waals surface area contributed by atoms with E-state index in [1.54, 1.807) is 7.11 Å². The minimum Gasteiger partial charge on any atom is -0.496 e. The Bertz CT molecular complexity index is 425. The van der Waals surface area contributed by atoms with Gasteiger partial charge in [0.1, 0.15) is 5.75 Å². The van der Waals surface area contributed by atoms with Gasteiger partial charge >= 0.3 is 0 Å². The summed E-state index contributed by atoms with van der Waals surface area (Å²) in [5.41, 5.74) is 3.51. The van der Waals surface area contributed by atoms with Crippen LogP contribution in [0.3, 0.4) is 0 Å². The highest BCUT2D eigenvalue weighted by molar-refractivity contribution is 5.77. The molecule has 0 unspecified atom stereocenters. The van der Waals surface area contributed by atoms with Crippen molar-refractivity contribution in [2.24, 2.45) is 5.92 Å². The number of carbonyl (C=O) groups is 1. The Labute approximate surface area is 110 Å². The van der Waals surface area contributed by atoms with Crippen molar-refractivity contribution in [3.63, 3.8) is 0 Å². The average molecular weight is 249 g/mol. The third-order valence-corrected chi connectivity index (χ3v) is 2.92. The van der Waals surface area contributed by atoms with Gasteiger partial charge in [-0.15, -0.1) is 0 Å². The molecule has 0 saturated heterocycles. The topological polar surface area (TPSA) is 38.3 Å². The van der Waals surface area contributed by atoms with Crippen molar-refractivity contribution in [3.05, 3.63) is 28.8 Å². The summed E-state index contributed by atoms with van der Waals surface area (Å²) in [5.74, 6) is 1.06. The maximum Gasteiger partial charge on any atom is 0.222 e. The lowest BCUT2D eigenvalue weighted by molar-refractivity contribution is -0.123. The fourth-order valence-electron chi connectivity index (χ4n) is 2.04. The number of aryl methyl sites for hydroxylation is 2. The molecule has 3 nitrogen and oxygen atoms in total. The van der Waals surface area contributed by atoms with Gasteiger partial charge < -0.3 is 10.1 Å². The highest BCUT2D eigenvalue weighted by Gasteiger charge is 2.09. The highest BCUT2D eigenvalue weighted by atomic mass is 16.5. The minimum atomic E-state index is 0.0335. The third kappa shape index (κ3) is 3.76. The fraction of sp³-hybridized carbons (Fsp3) is 0.533. The van der Waals surface area contributed by atoms with Gasteiger partial charge in [-0.25, -0.2) is 0 Å². The maximum atomic E-state index is 11.5. The van der Waals surface area contributed by atoms with E-state index in [4.69, 9.17) is 4.74 Å². The monoisotopic (exact) mass is 249 g/mol. The number of amides is 1. The molecule has 1 aromatic carbocycles. The number of benzene rings is 1. The fourth-order valence-corrected chi connectivity index (χ4v) is 2.04. The minimum absolute atomic E-state index is 0.0335. The summed E-state index contributed by atoms with van der Waals surface area (Å²) in [6.45, 7) is 8.56. The van der Waals surface area contributed by atoms with Crippen LogP contribution < -0.4 is 10.1 Å². The van der Waals surface area contributed by atoms with E-state index in [0.29, 0.717) is 6.54 Å². The first-order valence-electron chi connectivity index (χ1n) is 6.37. The lowest BCUT2D eigenvalue weighted by Gasteiger charge is -2.13. The molecule has 3 heteroatoms. The zero-order valence-electron chi connectivity index (χ0n) is 12.0. The van der Waals surface area contributed by atoms with Crippen LogP contribution in [0.25, 0.3) is 0 Å². The molecular weight excluding hydrogens is 226 g/mol. The van der Waals surface area contributed by atoms with E-state index in [0.717, 1.165) is 23.3 Å². The summed E-state index contributed by atoms with van der Waals surface area (Å²) in [6.07, 6.45) is 0.796. The van der Waals surface area contributed by atoms with E-state index in [2.05, 4.69) is 24.4 Å². The standard InChI is InChI=1S/C15H23NO2/c1-10(2)15(17)16-7-6-13-9-11(3)8-12(4)14(13)18-5/h8-10H,6-7H2,1-5H3,(H,16,17). The van der Waals surface area contributed by atoms with Crippen molar-refractivity contribution < 1.29 is 9.53 Å². The van der Waals surface area contributed by atoms with Gasteiger partial charge in [0, 0.05) is 12.5 Å². The molecule has 0 aliphatic rings. The van der Waals surface area contributed by atoms with Crippen molar-refractivity contribution in [2.45, 2.75) is 34.1 Å². The molecule has 0 fully saturated rings. The smallest absolute Gasteiger partial charge is 0.222 e. The van der Waals surface area contributed by atoms with Crippen molar-refractivity contribution in [3.8, 4) is 5.75 Å². The molecule has 1 amide bonds. The Morgan fingerprint density at radius 2 is 2.00 bits per heavy atom. The van der Waals surface area contributed by atoms with Gasteiger partial charge in [0.2, 0.25) is 5.91 Å². The first-order valence-corrected chi connectivity index (χ1v) is 6.37. The molecule has 0 radical (unpaired) electrons. The van der Waals surface area contributed by atoms with Gasteiger partial charge in [0.05, 0.1) is 7.11 Å². The van der Waals surface area contributed by atoms with Gasteiger partial charge in [0.15, 0.2) is 0 Å². The SMILES string of the molecule is COc1c(C)cc(C)cc1CCNC(=O)C(C)C. The van der Waals surface area contributed by atoms with Crippen molar-refractivity contribution >= 4 is 5.91 Å². The molecular formula is C15H23NO2. The van der Waals surface area contributed by atoms with Crippen molar-refractivity contribution in [1.29, 1.82) is 0 Å². The lowest BCUT2D eigenvalue weighted by Crippen LogP contribution is -2.29. The second-order valence-electron chi connectivity index (χ2n) is 4.97. The Hall–Kier alpha value is -1.51. The maximum absolute atomic E-state index is 11.5. The Morgan fingerprint density at radius 3 is 2.56 bits per heavy atom. The summed E-state index contributed by atoms with van der Waals surface area (Å²) >= 11 is 0. The Balaban J connectivity index is 2.70. The lowest BCUT2D eigenvalue weighted by atomic mass is 10.0. The van der Waals surface area contributed by atoms with E-state index in [1.807, 2.05) is 20.8 Å². The van der Waals surface area contributed by atoms with Crippen LogP contribution in [0.15, 0.2) is 12.1 Å². The normalized spacial score (nSPS) is 10.6. The number of hydrogen-bond donors (Lipinski definition) is 1. The second-order valence-corrected chi connectivity index (χ2v) is 4.97. The van der Waals surface area contributed by atoms with Crippen LogP contribution in [0.1, 0.15) is 30.5 Å². The average Bonchev–Trinajstić information content (AvgIpc) is 2.28. The second kappa shape index (κ2) is 6.43. The number of nitrogens with one attached hydrogen (secondary N) is 1. The molecule has 0 heterocycles. The van der Waals surface area contributed by atoms with Crippen LogP contribution in [0.4, 0.5) is 0 Å². The number of methoxy groups -OCH3 is 1. The molecule has 0 spiro atoms. The number of ether oxygens (including phenoxy) is 1. The van der Waals surface area contributed by atoms with Crippen LogP contribution >= 0.6 is 0 Å². The van der Waals surface area contributed by atoms with Crippen molar-refractivity contribution in [1.82, 2.24) is 5.32 Å². The summed E-state index contributed by atoms with van der Waals surface area (Å²) < 4.78 is 5.42. The molecule has 1 N–H and O–H groups in total. The Morgan fingerprint density at radius 1 is 1.33 bits per heavy atom. The van der Waals surface area contributed by atoms with Crippen LogP contribution in [-0.4, -0.2) is 19.6 Å². The van der Waals surface area contributed by atoms with Gasteiger partial charge in [-0.3, -0.25) is 4.79 Å². The molecule has 18 heavy (non-hydrogen) atoms. The third-order valence-electron chi connectivity index (χ3n) is 2.92. The summed E-state index contributed by atoms with van der Waals surface area (Å²) in [6, 6.07) is 4.22. The molecule has 100 valence electrons. The molecule has 0 aliphatic carbocycles. The van der Waals surface area contributed by atoms with E-state index in [-0.39, 0.29) is 11.8 Å². The summed E-state index contributed by atoms with van der Waals surface area (Å²) in [4.78, 5) is 11.5. The zero-order chi connectivity index (χ0) is 13.7. The van der Waals surface area contributed by atoms with Gasteiger partial charge in [-0.1, -0.05) is 31.5 Å². The van der Waals surface area contributed by atoms with Gasteiger partial charge in [0.25, 0.3) is 0 Å². The van der Waals surface area contributed by atoms with Crippen LogP contribution in [0.5, 0.6) is 5.75 Å². The first-order chi connectivity index (χ1) is 8.45. The van der Waals surface area contributed by atoms with Crippen LogP contribution in [-0.2, 0) is 11.2 Å². The molecule has 0 atom stereocenters. The van der Waals surface area contributed by atoms with Crippen molar-refractivity contribution in [2.75, 3.05) is 13.7 Å². The molecule has 1 aromatic rings. The highest BCUT2D eigenvalue weighted by Crippen LogP contribution is 2.25. The molecule has 1 rings (SSSR count). The van der Waals surface area contributed by atoms with Gasteiger partial charge in [-0.2, -0.15) is 0 Å². The zero-order valence-corrected chi connectivity index (χ0v) is 12.0. The summed E-state index contributed by atoms with van der Waals surface area (Å²) in [7, 11) is 1.69. The molecule has 0 bridgehead atoms. The first kappa shape index (κ1) is 14.6. The van der Waals surface area contributed by atoms with E-state index in [9.17, 15) is 4.79 Å². The van der Waals surface area contributed by atoms with E-state index >= 15 is 0 Å². The predicted octanol–water partition coefficient (Wildman–Crippen LogP) is 2.63. The predicted molar refractivity (Wildman–Crippen MR) is 74.0 cm³/mol. The van der Waals surface area contributed by atoms with Gasteiger partial charge in [-0.05, 0) is 31.4 Å². The van der Waals surface area contributed by atoms with E-state index in [1.165, 1.54) is 5.56 Å². The Kier molecular flexibility index (Phi) is 5.20. The largest absolute Gasteiger partial charge is 0.496 e. The number of carbonyl (C=O) groups excluding carboxylic acids is 1. The van der Waals surface area contributed by atoms with Crippen LogP contribution in [0, 0.1) is 19.8 Å². The quantitative estimate of drug-likeness (QED) is 0.871. The molecule has 0 aromatic heterocycles. The van der Waals surface area contributed by atoms with E-state index < -0.39 is 0 Å². The number of rotatable bonds is 5.